The zero-order valence-electron chi connectivity index (χ0n) is 13.8. The summed E-state index contributed by atoms with van der Waals surface area (Å²) >= 11 is 0. The SMILES string of the molecule is C=CC[C@H]1N(c2ccc(OC)cc2)C(=O)[C@H]2[C@@H](C(=O)[O-])[C@H]3C=C[C@]21O3. The van der Waals surface area contributed by atoms with E-state index in [-0.39, 0.29) is 11.9 Å². The Morgan fingerprint density at radius 2 is 2.16 bits per heavy atom. The molecule has 0 saturated carbocycles. The summed E-state index contributed by atoms with van der Waals surface area (Å²) in [5.41, 5.74) is -0.264. The normalized spacial score (nSPS) is 35.1. The number of methoxy groups -OCH3 is 1. The summed E-state index contributed by atoms with van der Waals surface area (Å²) in [6.07, 6.45) is 5.19. The summed E-state index contributed by atoms with van der Waals surface area (Å²) in [4.78, 5) is 26.4. The van der Waals surface area contributed by atoms with Crippen LogP contribution in [0.1, 0.15) is 6.42 Å². The molecule has 25 heavy (non-hydrogen) atoms. The van der Waals surface area contributed by atoms with E-state index in [1.54, 1.807) is 48.4 Å². The Kier molecular flexibility index (Phi) is 3.47. The molecule has 3 aliphatic heterocycles. The molecule has 1 aromatic rings. The molecular formula is C19H18NO5-. The number of carboxylic acid groups (broad SMARTS) is 1. The molecular weight excluding hydrogens is 322 g/mol. The lowest BCUT2D eigenvalue weighted by Gasteiger charge is -2.32. The van der Waals surface area contributed by atoms with Gasteiger partial charge in [0, 0.05) is 17.6 Å². The average Bonchev–Trinajstić information content (AvgIpc) is 3.24. The van der Waals surface area contributed by atoms with Gasteiger partial charge in [-0.2, -0.15) is 0 Å². The summed E-state index contributed by atoms with van der Waals surface area (Å²) in [6.45, 7) is 3.79. The van der Waals surface area contributed by atoms with Gasteiger partial charge in [-0.05, 0) is 30.7 Å². The Morgan fingerprint density at radius 3 is 2.76 bits per heavy atom. The molecule has 6 heteroatoms. The van der Waals surface area contributed by atoms with E-state index in [4.69, 9.17) is 9.47 Å². The van der Waals surface area contributed by atoms with E-state index in [1.807, 2.05) is 6.08 Å². The maximum Gasteiger partial charge on any atom is 0.234 e. The Bertz CT molecular complexity index is 771. The summed E-state index contributed by atoms with van der Waals surface area (Å²) in [5, 5.41) is 11.6. The molecule has 1 amide bonds. The van der Waals surface area contributed by atoms with Crippen molar-refractivity contribution in [3.05, 3.63) is 49.1 Å². The zero-order chi connectivity index (χ0) is 17.8. The van der Waals surface area contributed by atoms with Gasteiger partial charge in [0.15, 0.2) is 0 Å². The Balaban J connectivity index is 1.80. The fourth-order valence-electron chi connectivity index (χ4n) is 4.42. The van der Waals surface area contributed by atoms with Gasteiger partial charge >= 0.3 is 0 Å². The number of hydrogen-bond donors (Lipinski definition) is 0. The third kappa shape index (κ3) is 2.00. The number of anilines is 1. The Hall–Kier alpha value is -2.60. The Morgan fingerprint density at radius 1 is 1.44 bits per heavy atom. The first-order valence-electron chi connectivity index (χ1n) is 8.19. The number of rotatable bonds is 5. The molecule has 3 heterocycles. The molecule has 0 radical (unpaired) electrons. The van der Waals surface area contributed by atoms with Crippen LogP contribution in [0.2, 0.25) is 0 Å². The molecule has 2 bridgehead atoms. The van der Waals surface area contributed by atoms with Crippen molar-refractivity contribution in [1.29, 1.82) is 0 Å². The van der Waals surface area contributed by atoms with Crippen LogP contribution >= 0.6 is 0 Å². The van der Waals surface area contributed by atoms with E-state index < -0.39 is 29.5 Å². The van der Waals surface area contributed by atoms with Crippen LogP contribution in [0.25, 0.3) is 0 Å². The number of carbonyl (C=O) groups excluding carboxylic acids is 2. The van der Waals surface area contributed by atoms with Gasteiger partial charge in [0.2, 0.25) is 5.91 Å². The second-order valence-electron chi connectivity index (χ2n) is 6.56. The lowest BCUT2D eigenvalue weighted by molar-refractivity contribution is -0.313. The van der Waals surface area contributed by atoms with Crippen LogP contribution in [0.4, 0.5) is 5.69 Å². The lowest BCUT2D eigenvalue weighted by atomic mass is 9.74. The minimum Gasteiger partial charge on any atom is -0.550 e. The molecule has 1 aromatic carbocycles. The molecule has 130 valence electrons. The van der Waals surface area contributed by atoms with E-state index in [0.717, 1.165) is 0 Å². The fraction of sp³-hybridized carbons (Fsp3) is 0.368. The second kappa shape index (κ2) is 5.46. The number of hydrogen-bond acceptors (Lipinski definition) is 5. The van der Waals surface area contributed by atoms with Gasteiger partial charge in [-0.25, -0.2) is 0 Å². The maximum absolute atomic E-state index is 13.2. The summed E-state index contributed by atoms with van der Waals surface area (Å²) in [5.74, 6) is -2.56. The molecule has 3 aliphatic rings. The van der Waals surface area contributed by atoms with Crippen molar-refractivity contribution in [2.75, 3.05) is 12.0 Å². The van der Waals surface area contributed by atoms with E-state index in [0.29, 0.717) is 17.9 Å². The van der Waals surface area contributed by atoms with Crippen molar-refractivity contribution in [2.24, 2.45) is 11.8 Å². The van der Waals surface area contributed by atoms with E-state index >= 15 is 0 Å². The molecule has 4 rings (SSSR count). The van der Waals surface area contributed by atoms with Crippen LogP contribution in [0.15, 0.2) is 49.1 Å². The van der Waals surface area contributed by atoms with Gasteiger partial charge in [0.05, 0.1) is 25.2 Å². The van der Waals surface area contributed by atoms with Gasteiger partial charge in [0.25, 0.3) is 0 Å². The smallest absolute Gasteiger partial charge is 0.234 e. The maximum atomic E-state index is 13.2. The topological polar surface area (TPSA) is 78.9 Å². The monoisotopic (exact) mass is 340 g/mol. The number of benzene rings is 1. The van der Waals surface area contributed by atoms with Crippen LogP contribution < -0.4 is 14.7 Å². The van der Waals surface area contributed by atoms with Crippen LogP contribution in [0.3, 0.4) is 0 Å². The third-order valence-corrected chi connectivity index (χ3v) is 5.43. The number of carboxylic acids is 1. The highest BCUT2D eigenvalue weighted by molar-refractivity contribution is 6.03. The highest BCUT2D eigenvalue weighted by Gasteiger charge is 2.69. The highest BCUT2D eigenvalue weighted by atomic mass is 16.5. The van der Waals surface area contributed by atoms with Crippen molar-refractivity contribution in [2.45, 2.75) is 24.2 Å². The van der Waals surface area contributed by atoms with Gasteiger partial charge in [-0.3, -0.25) is 4.79 Å². The molecule has 0 aromatic heterocycles. The second-order valence-corrected chi connectivity index (χ2v) is 6.56. The summed E-state index contributed by atoms with van der Waals surface area (Å²) in [6, 6.07) is 6.76. The van der Waals surface area contributed by atoms with Gasteiger partial charge in [-0.1, -0.05) is 18.2 Å². The molecule has 2 fully saturated rings. The van der Waals surface area contributed by atoms with E-state index in [2.05, 4.69) is 6.58 Å². The van der Waals surface area contributed by atoms with Crippen LogP contribution in [0.5, 0.6) is 5.75 Å². The van der Waals surface area contributed by atoms with Crippen LogP contribution in [0, 0.1) is 11.8 Å². The molecule has 2 saturated heterocycles. The first kappa shape index (κ1) is 15.9. The lowest BCUT2D eigenvalue weighted by Crippen LogP contribution is -2.46. The highest BCUT2D eigenvalue weighted by Crippen LogP contribution is 2.56. The van der Waals surface area contributed by atoms with E-state index in [9.17, 15) is 14.7 Å². The Labute approximate surface area is 145 Å². The molecule has 0 N–H and O–H groups in total. The van der Waals surface area contributed by atoms with Crippen molar-refractivity contribution >= 4 is 17.6 Å². The van der Waals surface area contributed by atoms with Crippen molar-refractivity contribution in [3.8, 4) is 5.75 Å². The van der Waals surface area contributed by atoms with Crippen LogP contribution in [-0.2, 0) is 14.3 Å². The number of aliphatic carboxylic acids is 1. The molecule has 1 spiro atoms. The standard InChI is InChI=1S/C19H19NO5/c1-3-4-14-19-10-9-13(25-19)15(18(22)23)16(19)17(21)20(14)11-5-7-12(24-2)8-6-11/h3,5-10,13-16H,1,4H2,2H3,(H,22,23)/p-1/t13-,14-,15+,16-,19-/m1/s1. The first-order valence-corrected chi connectivity index (χ1v) is 8.19. The van der Waals surface area contributed by atoms with Gasteiger partial charge in [0.1, 0.15) is 11.4 Å². The van der Waals surface area contributed by atoms with Crippen LogP contribution in [-0.4, -0.2) is 36.7 Å². The van der Waals surface area contributed by atoms with E-state index in [1.165, 1.54) is 0 Å². The number of amides is 1. The minimum atomic E-state index is -1.25. The quantitative estimate of drug-likeness (QED) is 0.737. The number of ether oxygens (including phenoxy) is 2. The van der Waals surface area contributed by atoms with Crippen molar-refractivity contribution in [1.82, 2.24) is 0 Å². The van der Waals surface area contributed by atoms with Gasteiger partial charge < -0.3 is 24.3 Å². The fourth-order valence-corrected chi connectivity index (χ4v) is 4.42. The molecule has 6 nitrogen and oxygen atoms in total. The first-order chi connectivity index (χ1) is 12.0. The molecule has 0 aliphatic carbocycles. The van der Waals surface area contributed by atoms with Crippen molar-refractivity contribution in [3.63, 3.8) is 0 Å². The zero-order valence-corrected chi connectivity index (χ0v) is 13.8. The molecule has 0 unspecified atom stereocenters. The minimum absolute atomic E-state index is 0.252. The van der Waals surface area contributed by atoms with Gasteiger partial charge in [-0.15, -0.1) is 6.58 Å². The predicted octanol–water partition coefficient (Wildman–Crippen LogP) is 0.676. The number of fused-ring (bicyclic) bond motifs is 1. The predicted molar refractivity (Wildman–Crippen MR) is 87.8 cm³/mol. The molecule has 5 atom stereocenters. The summed E-state index contributed by atoms with van der Waals surface area (Å²) in [7, 11) is 1.57. The third-order valence-electron chi connectivity index (χ3n) is 5.43. The number of nitrogens with zero attached hydrogens (tertiary/aromatic N) is 1. The van der Waals surface area contributed by atoms with Crippen molar-refractivity contribution < 1.29 is 24.2 Å². The number of carbonyl (C=O) groups is 2. The summed E-state index contributed by atoms with van der Waals surface area (Å²) < 4.78 is 11.2. The largest absolute Gasteiger partial charge is 0.550 e. The average molecular weight is 340 g/mol.